The van der Waals surface area contributed by atoms with Gasteiger partial charge in [0.15, 0.2) is 0 Å². The minimum absolute atomic E-state index is 0. The van der Waals surface area contributed by atoms with E-state index in [0.717, 1.165) is 7.11 Å². The fraction of sp³-hybridized carbons (Fsp3) is 0.700. The number of rotatable bonds is 6. The van der Waals surface area contributed by atoms with Gasteiger partial charge in [0.05, 0.1) is 21.3 Å². The first-order chi connectivity index (χ1) is 8.04. The minimum Gasteiger partial charge on any atom is -0.606 e. The van der Waals surface area contributed by atoms with Crippen LogP contribution in [0.15, 0.2) is 0 Å². The van der Waals surface area contributed by atoms with E-state index in [0.29, 0.717) is 6.42 Å². The molecule has 0 rings (SSSR count). The molecule has 0 bridgehead atoms. The predicted molar refractivity (Wildman–Crippen MR) is 57.4 cm³/mol. The summed E-state index contributed by atoms with van der Waals surface area (Å²) in [6.07, 6.45) is -0.108. The third-order valence-corrected chi connectivity index (χ3v) is 2.00. The van der Waals surface area contributed by atoms with Crippen molar-refractivity contribution in [3.05, 3.63) is 5.32 Å². The molecule has 0 aromatic carbocycles. The Balaban J connectivity index is 0. The molecule has 98 valence electrons. The first-order valence-electron chi connectivity index (χ1n) is 4.98. The summed E-state index contributed by atoms with van der Waals surface area (Å²) in [7, 11) is 3.63. The fourth-order valence-corrected chi connectivity index (χ4v) is 1.09. The molecule has 0 heterocycles. The first-order valence-corrected chi connectivity index (χ1v) is 4.98. The van der Waals surface area contributed by atoms with Crippen LogP contribution in [-0.2, 0) is 23.8 Å². The summed E-state index contributed by atoms with van der Waals surface area (Å²) in [6.45, 7) is 0. The Labute approximate surface area is 148 Å². The normalized spacial score (nSPS) is 10.6. The summed E-state index contributed by atoms with van der Waals surface area (Å²) in [5, 5.41) is 3.50. The Kier molecular flexibility index (Phi) is 13.3. The number of hydrogen-bond donors (Lipinski definition) is 0. The van der Waals surface area contributed by atoms with Crippen LogP contribution in [0, 0.1) is 0 Å². The van der Waals surface area contributed by atoms with Gasteiger partial charge in [0, 0.05) is 6.42 Å². The molecule has 0 unspecified atom stereocenters. The van der Waals surface area contributed by atoms with E-state index in [-0.39, 0.29) is 70.2 Å². The monoisotopic (exact) mass is 285 g/mol. The Morgan fingerprint density at radius 3 is 2.11 bits per heavy atom. The molecule has 0 fully saturated rings. The zero-order valence-electron chi connectivity index (χ0n) is 11.1. The molecule has 0 aliphatic carbocycles. The van der Waals surface area contributed by atoms with Crippen LogP contribution in [0.5, 0.6) is 0 Å². The zero-order valence-corrected chi connectivity index (χ0v) is 14.2. The molecule has 7 nitrogen and oxygen atoms in total. The van der Waals surface area contributed by atoms with E-state index in [9.17, 15) is 14.4 Å². The number of methoxy groups -OCH3 is 3. The van der Waals surface area contributed by atoms with E-state index in [1.165, 1.54) is 14.2 Å². The van der Waals surface area contributed by atoms with Gasteiger partial charge >= 0.3 is 57.4 Å². The van der Waals surface area contributed by atoms with Crippen molar-refractivity contribution >= 4 is 18.0 Å². The average molecular weight is 285 g/mol. The smallest absolute Gasteiger partial charge is 0.606 e. The topological polar surface area (TPSA) is 93.0 Å². The Morgan fingerprint density at radius 1 is 1.06 bits per heavy atom. The molecule has 0 aromatic heterocycles. The van der Waals surface area contributed by atoms with Crippen molar-refractivity contribution < 1.29 is 80.0 Å². The van der Waals surface area contributed by atoms with E-state index in [1.54, 1.807) is 0 Å². The third-order valence-electron chi connectivity index (χ3n) is 2.00. The second-order valence-corrected chi connectivity index (χ2v) is 3.11. The molecule has 0 N–H and O–H groups in total. The maximum Gasteiger partial charge on any atom is 1.00 e. The second kappa shape index (κ2) is 11.9. The molecule has 1 amide bonds. The quantitative estimate of drug-likeness (QED) is 0.319. The Morgan fingerprint density at radius 2 is 1.67 bits per heavy atom. The van der Waals surface area contributed by atoms with Crippen molar-refractivity contribution in [2.45, 2.75) is 25.3 Å². The molecule has 1 atom stereocenters. The van der Waals surface area contributed by atoms with Gasteiger partial charge in [0.25, 0.3) is 5.97 Å². The van der Waals surface area contributed by atoms with Crippen molar-refractivity contribution in [3.8, 4) is 0 Å². The number of esters is 2. The SMILES string of the molecule is COC(=O)CCC[C@H]([N-]C(=O)OC)C(=O)OC.[K+]. The summed E-state index contributed by atoms with van der Waals surface area (Å²) < 4.78 is 13.2. The van der Waals surface area contributed by atoms with Crippen LogP contribution >= 0.6 is 0 Å². The van der Waals surface area contributed by atoms with Crippen molar-refractivity contribution in [3.63, 3.8) is 0 Å². The van der Waals surface area contributed by atoms with Crippen LogP contribution < -0.4 is 51.4 Å². The second-order valence-electron chi connectivity index (χ2n) is 3.11. The summed E-state index contributed by atoms with van der Waals surface area (Å²) in [5.41, 5.74) is 0. The van der Waals surface area contributed by atoms with Crippen molar-refractivity contribution in [2.75, 3.05) is 21.3 Å². The average Bonchev–Trinajstić information content (AvgIpc) is 2.35. The molecule has 0 aromatic rings. The zero-order chi connectivity index (χ0) is 13.3. The van der Waals surface area contributed by atoms with Crippen molar-refractivity contribution in [1.29, 1.82) is 0 Å². The molecule has 8 heteroatoms. The summed E-state index contributed by atoms with van der Waals surface area (Å²) >= 11 is 0. The summed E-state index contributed by atoms with van der Waals surface area (Å²) in [6, 6.07) is -0.947. The largest absolute Gasteiger partial charge is 1.00 e. The van der Waals surface area contributed by atoms with Gasteiger partial charge in [0.2, 0.25) is 6.09 Å². The van der Waals surface area contributed by atoms with Gasteiger partial charge in [-0.05, 0) is 12.5 Å². The van der Waals surface area contributed by atoms with Crippen LogP contribution in [0.25, 0.3) is 5.32 Å². The summed E-state index contributed by atoms with van der Waals surface area (Å²) in [5.74, 6) is -1.02. The van der Waals surface area contributed by atoms with Crippen molar-refractivity contribution in [2.24, 2.45) is 0 Å². The van der Waals surface area contributed by atoms with E-state index in [1.807, 2.05) is 0 Å². The maximum absolute atomic E-state index is 11.3. The van der Waals surface area contributed by atoms with Gasteiger partial charge < -0.3 is 19.5 Å². The number of amides is 1. The van der Waals surface area contributed by atoms with Crippen molar-refractivity contribution in [1.82, 2.24) is 0 Å². The van der Waals surface area contributed by atoms with Crippen LogP contribution in [0.2, 0.25) is 0 Å². The number of carbonyl (C=O) groups excluding carboxylic acids is 3. The molecule has 0 aliphatic rings. The summed E-state index contributed by atoms with van der Waals surface area (Å²) in [4.78, 5) is 33.0. The van der Waals surface area contributed by atoms with E-state index in [4.69, 9.17) is 0 Å². The molecule has 0 spiro atoms. The number of hydrogen-bond acceptors (Lipinski definition) is 6. The van der Waals surface area contributed by atoms with Crippen LogP contribution in [0.3, 0.4) is 0 Å². The van der Waals surface area contributed by atoms with E-state index >= 15 is 0 Å². The molecule has 0 saturated carbocycles. The Hall–Kier alpha value is -0.154. The fourth-order valence-electron chi connectivity index (χ4n) is 1.09. The predicted octanol–water partition coefficient (Wildman–Crippen LogP) is -1.98. The van der Waals surface area contributed by atoms with E-state index in [2.05, 4.69) is 19.5 Å². The molecule has 18 heavy (non-hydrogen) atoms. The van der Waals surface area contributed by atoms with Gasteiger partial charge in [-0.2, -0.15) is 0 Å². The standard InChI is InChI=1S/C10H17NO6.K/c1-15-8(12)6-4-5-7(9(13)16-2)11-10(14)17-3;/h7H,4-6H2,1-3H3,(H,11,14);/q;+1/p-1/t7-;/m0./s1. The van der Waals surface area contributed by atoms with Crippen LogP contribution in [0.4, 0.5) is 4.79 Å². The molecule has 0 saturated heterocycles. The van der Waals surface area contributed by atoms with Gasteiger partial charge in [-0.3, -0.25) is 14.4 Å². The first kappa shape index (κ1) is 20.2. The molecular weight excluding hydrogens is 269 g/mol. The van der Waals surface area contributed by atoms with Crippen LogP contribution in [-0.4, -0.2) is 45.4 Å². The third kappa shape index (κ3) is 8.87. The minimum atomic E-state index is -0.947. The van der Waals surface area contributed by atoms with E-state index < -0.39 is 18.1 Å². The number of nitrogens with zero attached hydrogens (tertiary/aromatic N) is 1. The van der Waals surface area contributed by atoms with Gasteiger partial charge in [-0.15, -0.1) is 0 Å². The molecule has 0 aliphatic heterocycles. The number of carbonyl (C=O) groups is 3. The van der Waals surface area contributed by atoms with Crippen LogP contribution in [0.1, 0.15) is 19.3 Å². The molecule has 0 radical (unpaired) electrons. The van der Waals surface area contributed by atoms with Gasteiger partial charge in [-0.1, -0.05) is 6.42 Å². The number of ether oxygens (including phenoxy) is 3. The molecular formula is C10H16KNO6. The maximum atomic E-state index is 11.3. The van der Waals surface area contributed by atoms with Gasteiger partial charge in [-0.25, -0.2) is 0 Å². The van der Waals surface area contributed by atoms with Gasteiger partial charge in [0.1, 0.15) is 0 Å². The Bertz CT molecular complexity index is 284.